The maximum absolute atomic E-state index is 13.6. The number of hydrazine groups is 1. The predicted molar refractivity (Wildman–Crippen MR) is 146 cm³/mol. The van der Waals surface area contributed by atoms with Crippen molar-refractivity contribution >= 4 is 39.4 Å². The average Bonchev–Trinajstić information content (AvgIpc) is 3.55. The van der Waals surface area contributed by atoms with Crippen molar-refractivity contribution in [3.8, 4) is 0 Å². The van der Waals surface area contributed by atoms with Crippen molar-refractivity contribution in [1.82, 2.24) is 9.88 Å². The highest BCUT2D eigenvalue weighted by Gasteiger charge is 2.31. The normalized spacial score (nSPS) is 14.5. The van der Waals surface area contributed by atoms with Crippen LogP contribution in [-0.4, -0.2) is 35.9 Å². The van der Waals surface area contributed by atoms with E-state index in [0.717, 1.165) is 43.6 Å². The van der Waals surface area contributed by atoms with Gasteiger partial charge in [0, 0.05) is 37.2 Å². The number of rotatable bonds is 8. The molecule has 38 heavy (non-hydrogen) atoms. The Labute approximate surface area is 223 Å². The molecule has 3 aromatic rings. The van der Waals surface area contributed by atoms with Crippen LogP contribution in [0.1, 0.15) is 44.8 Å². The fourth-order valence-corrected chi connectivity index (χ4v) is 4.95. The third-order valence-electron chi connectivity index (χ3n) is 6.21. The topological polar surface area (TPSA) is 113 Å². The molecule has 8 nitrogen and oxygen atoms in total. The minimum absolute atomic E-state index is 0.0837. The van der Waals surface area contributed by atoms with Gasteiger partial charge >= 0.3 is 6.18 Å². The maximum Gasteiger partial charge on any atom is 0.416 e. The van der Waals surface area contributed by atoms with Crippen molar-refractivity contribution in [2.45, 2.75) is 32.5 Å². The Bertz CT molecular complexity index is 1330. The third-order valence-corrected chi connectivity index (χ3v) is 7.28. The minimum Gasteiger partial charge on any atom is -0.396 e. The number of hydrogen-bond donors (Lipinski definition) is 4. The van der Waals surface area contributed by atoms with Crippen molar-refractivity contribution in [3.63, 3.8) is 0 Å². The highest BCUT2D eigenvalue weighted by atomic mass is 32.1. The second-order valence-electron chi connectivity index (χ2n) is 9.13. The fourth-order valence-electron chi connectivity index (χ4n) is 4.26. The van der Waals surface area contributed by atoms with Crippen molar-refractivity contribution < 1.29 is 18.0 Å². The van der Waals surface area contributed by atoms with E-state index in [0.29, 0.717) is 33.5 Å². The zero-order valence-corrected chi connectivity index (χ0v) is 21.9. The average molecular weight is 546 g/mol. The van der Waals surface area contributed by atoms with Crippen LogP contribution in [0.2, 0.25) is 0 Å². The van der Waals surface area contributed by atoms with E-state index in [9.17, 15) is 18.0 Å². The van der Waals surface area contributed by atoms with E-state index in [1.54, 1.807) is 37.5 Å². The Morgan fingerprint density at radius 3 is 2.61 bits per heavy atom. The first-order valence-electron chi connectivity index (χ1n) is 12.0. The van der Waals surface area contributed by atoms with Gasteiger partial charge in [-0.25, -0.2) is 10.8 Å². The van der Waals surface area contributed by atoms with Crippen molar-refractivity contribution in [2.75, 3.05) is 35.8 Å². The first-order chi connectivity index (χ1) is 18.0. The quantitative estimate of drug-likeness (QED) is 0.233. The molecular weight excluding hydrogens is 515 g/mol. The second-order valence-corrected chi connectivity index (χ2v) is 10.2. The highest BCUT2D eigenvalue weighted by molar-refractivity contribution is 7.16. The van der Waals surface area contributed by atoms with Gasteiger partial charge in [-0.15, -0.1) is 0 Å². The number of amides is 1. The summed E-state index contributed by atoms with van der Waals surface area (Å²) in [5, 5.41) is 7.57. The molecule has 6 N–H and O–H groups in total. The molecule has 0 saturated carbocycles. The van der Waals surface area contributed by atoms with E-state index in [2.05, 4.69) is 20.5 Å². The second kappa shape index (κ2) is 11.4. The molecule has 1 saturated heterocycles. The Hall–Kier alpha value is -3.61. The summed E-state index contributed by atoms with van der Waals surface area (Å²) in [5.41, 5.74) is 7.88. The lowest BCUT2D eigenvalue weighted by Gasteiger charge is -2.19. The van der Waals surface area contributed by atoms with Gasteiger partial charge in [-0.05, 0) is 74.3 Å². The zero-order chi connectivity index (χ0) is 27.4. The van der Waals surface area contributed by atoms with Gasteiger partial charge in [0.25, 0.3) is 5.91 Å². The number of hydrogen-bond acceptors (Lipinski definition) is 8. The molecule has 1 aliphatic rings. The van der Waals surface area contributed by atoms with Gasteiger partial charge in [-0.1, -0.05) is 17.4 Å². The number of halogens is 3. The largest absolute Gasteiger partial charge is 0.416 e. The summed E-state index contributed by atoms with van der Waals surface area (Å²) in [6.07, 6.45) is 0.668. The first kappa shape index (κ1) is 27.4. The lowest BCUT2D eigenvalue weighted by Crippen LogP contribution is -2.27. The number of carbonyl (C=O) groups excluding carboxylic acids is 1. The van der Waals surface area contributed by atoms with E-state index < -0.39 is 17.6 Å². The first-order valence-corrected chi connectivity index (χ1v) is 12.9. The summed E-state index contributed by atoms with van der Waals surface area (Å²) in [4.78, 5) is 20.1. The van der Waals surface area contributed by atoms with Gasteiger partial charge in [0.1, 0.15) is 0 Å². The molecule has 1 aliphatic heterocycles. The van der Waals surface area contributed by atoms with Crippen LogP contribution in [0, 0.1) is 6.92 Å². The number of anilines is 3. The van der Waals surface area contributed by atoms with E-state index in [4.69, 9.17) is 11.6 Å². The Balaban J connectivity index is 1.56. The summed E-state index contributed by atoms with van der Waals surface area (Å²) in [7, 11) is 1.76. The molecule has 202 valence electrons. The maximum atomic E-state index is 13.6. The predicted octanol–water partition coefficient (Wildman–Crippen LogP) is 5.00. The van der Waals surface area contributed by atoms with E-state index in [1.807, 2.05) is 6.92 Å². The zero-order valence-electron chi connectivity index (χ0n) is 21.1. The fraction of sp³-hybridized carbons (Fsp3) is 0.308. The lowest BCUT2D eigenvalue weighted by molar-refractivity contribution is -0.137. The van der Waals surface area contributed by atoms with E-state index in [-0.39, 0.29) is 11.3 Å². The third kappa shape index (κ3) is 6.63. The molecule has 0 aliphatic carbocycles. The number of nitrogens with two attached hydrogens (primary N) is 2. The molecule has 0 bridgehead atoms. The molecule has 2 heterocycles. The van der Waals surface area contributed by atoms with Crippen LogP contribution >= 0.6 is 11.3 Å². The Morgan fingerprint density at radius 1 is 1.21 bits per heavy atom. The van der Waals surface area contributed by atoms with Crippen LogP contribution in [0.5, 0.6) is 0 Å². The van der Waals surface area contributed by atoms with Gasteiger partial charge in [0.2, 0.25) is 0 Å². The summed E-state index contributed by atoms with van der Waals surface area (Å²) in [6, 6.07) is 8.56. The lowest BCUT2D eigenvalue weighted by atomic mass is 10.1. The molecule has 2 aromatic carbocycles. The molecule has 12 heteroatoms. The van der Waals surface area contributed by atoms with Crippen LogP contribution in [-0.2, 0) is 12.7 Å². The minimum atomic E-state index is -4.53. The molecule has 0 radical (unpaired) electrons. The van der Waals surface area contributed by atoms with Crippen LogP contribution in [0.25, 0.3) is 5.70 Å². The van der Waals surface area contributed by atoms with Gasteiger partial charge in [-0.3, -0.25) is 14.7 Å². The van der Waals surface area contributed by atoms with Crippen molar-refractivity contribution in [3.05, 3.63) is 75.9 Å². The summed E-state index contributed by atoms with van der Waals surface area (Å²) in [5.74, 6) is 5.69. The monoisotopic (exact) mass is 545 g/mol. The smallest absolute Gasteiger partial charge is 0.396 e. The van der Waals surface area contributed by atoms with Gasteiger partial charge < -0.3 is 16.4 Å². The molecule has 0 unspecified atom stereocenters. The Kier molecular flexibility index (Phi) is 8.24. The van der Waals surface area contributed by atoms with Crippen LogP contribution < -0.4 is 27.2 Å². The number of benzene rings is 2. The molecule has 0 atom stereocenters. The standard InChI is InChI=1S/C26H30F3N7OS/c1-16-5-6-18(11-22(16)36(31)15-21(30)23-13-33-25(32-2)38-23)24(37)34-20-10-17(14-35-7-3-4-8-35)9-19(12-20)26(27,28)29/h5-6,9-13,15H,3-4,7-8,14,30-31H2,1-2H3,(H,32,33)(H,34,37)/b21-15-. The number of carbonyl (C=O) groups is 1. The van der Waals surface area contributed by atoms with Crippen molar-refractivity contribution in [2.24, 2.45) is 11.6 Å². The SMILES string of the molecule is CNc1ncc(/C(N)=C/N(N)c2cc(C(=O)Nc3cc(CN4CCCC4)cc(C(F)(F)F)c3)ccc2C)s1. The highest BCUT2D eigenvalue weighted by Crippen LogP contribution is 2.33. The molecule has 0 spiro atoms. The van der Waals surface area contributed by atoms with Gasteiger partial charge in [0.05, 0.1) is 21.8 Å². The van der Waals surface area contributed by atoms with Gasteiger partial charge in [-0.2, -0.15) is 13.2 Å². The Morgan fingerprint density at radius 2 is 1.95 bits per heavy atom. The summed E-state index contributed by atoms with van der Waals surface area (Å²) < 4.78 is 40.8. The van der Waals surface area contributed by atoms with Crippen LogP contribution in [0.3, 0.4) is 0 Å². The molecular formula is C26H30F3N7OS. The number of alkyl halides is 3. The van der Waals surface area contributed by atoms with Crippen LogP contribution in [0.4, 0.5) is 29.7 Å². The van der Waals surface area contributed by atoms with E-state index in [1.165, 1.54) is 22.5 Å². The number of aryl methyl sites for hydroxylation is 1. The van der Waals surface area contributed by atoms with Gasteiger partial charge in [0.15, 0.2) is 5.13 Å². The molecule has 1 amide bonds. The molecule has 4 rings (SSSR count). The number of aromatic nitrogens is 1. The van der Waals surface area contributed by atoms with E-state index >= 15 is 0 Å². The summed E-state index contributed by atoms with van der Waals surface area (Å²) >= 11 is 1.36. The number of thiazole rings is 1. The number of nitrogens with zero attached hydrogens (tertiary/aromatic N) is 3. The van der Waals surface area contributed by atoms with Crippen molar-refractivity contribution in [1.29, 1.82) is 0 Å². The number of likely N-dealkylation sites (tertiary alicyclic amines) is 1. The number of nitrogens with one attached hydrogen (secondary N) is 2. The molecule has 1 fully saturated rings. The molecule has 1 aromatic heterocycles. The summed E-state index contributed by atoms with van der Waals surface area (Å²) in [6.45, 7) is 3.91. The van der Waals surface area contributed by atoms with Crippen LogP contribution in [0.15, 0.2) is 48.8 Å².